The number of nitrogens with one attached hydrogen (secondary N) is 1. The summed E-state index contributed by atoms with van der Waals surface area (Å²) in [6.45, 7) is 0.304. The van der Waals surface area contributed by atoms with Crippen LogP contribution in [0.5, 0.6) is 11.5 Å². The van der Waals surface area contributed by atoms with E-state index in [0.717, 1.165) is 22.3 Å². The molecule has 2 heterocycles. The van der Waals surface area contributed by atoms with Gasteiger partial charge < -0.3 is 34.1 Å². The number of aliphatic hydroxyl groups excluding tert-OH is 1. The zero-order valence-electron chi connectivity index (χ0n) is 31.1. The van der Waals surface area contributed by atoms with Crippen molar-refractivity contribution in [2.24, 2.45) is 0 Å². The molecular weight excluding hydrogens is 711 g/mol. The molecule has 0 aliphatic carbocycles. The van der Waals surface area contributed by atoms with Crippen molar-refractivity contribution in [3.8, 4) is 11.5 Å². The highest BCUT2D eigenvalue weighted by Crippen LogP contribution is 2.42. The van der Waals surface area contributed by atoms with E-state index in [0.29, 0.717) is 29.2 Å². The van der Waals surface area contributed by atoms with Gasteiger partial charge in [0.2, 0.25) is 0 Å². The average Bonchev–Trinajstić information content (AvgIpc) is 3.62. The van der Waals surface area contributed by atoms with E-state index in [2.05, 4.69) is 10.3 Å². The number of amides is 1. The molecule has 0 radical (unpaired) electrons. The molecule has 7 rings (SSSR count). The molecule has 1 aliphatic rings. The fraction of sp³-hybridized carbons (Fsp3) is 0.222. The van der Waals surface area contributed by atoms with Gasteiger partial charge in [-0.2, -0.15) is 4.98 Å². The van der Waals surface area contributed by atoms with E-state index in [4.69, 9.17) is 23.7 Å². The first-order valence-corrected chi connectivity index (χ1v) is 18.3. The summed E-state index contributed by atoms with van der Waals surface area (Å²) < 4.78 is 31.7. The Bertz CT molecular complexity index is 2200. The molecule has 11 heteroatoms. The summed E-state index contributed by atoms with van der Waals surface area (Å²) in [5.74, 6) is 1.05. The van der Waals surface area contributed by atoms with Crippen molar-refractivity contribution in [2.45, 2.75) is 43.7 Å². The van der Waals surface area contributed by atoms with E-state index >= 15 is 0 Å². The van der Waals surface area contributed by atoms with E-state index in [1.54, 1.807) is 44.7 Å². The molecule has 56 heavy (non-hydrogen) atoms. The number of aromatic nitrogens is 2. The number of benzene rings is 5. The Hall–Kier alpha value is -6.11. The van der Waals surface area contributed by atoms with Gasteiger partial charge in [-0.15, -0.1) is 0 Å². The molecule has 3 atom stereocenters. The van der Waals surface area contributed by atoms with Crippen LogP contribution in [0.1, 0.15) is 50.8 Å². The fourth-order valence-corrected chi connectivity index (χ4v) is 6.87. The second-order valence-electron chi connectivity index (χ2n) is 13.4. The number of hydrogen-bond donors (Lipinski definition) is 2. The monoisotopic (exact) mass is 753 g/mol. The molecule has 286 valence electrons. The van der Waals surface area contributed by atoms with E-state index in [1.165, 1.54) is 4.57 Å². The van der Waals surface area contributed by atoms with Gasteiger partial charge in [0.25, 0.3) is 5.91 Å². The molecule has 1 fully saturated rings. The average molecular weight is 754 g/mol. The molecule has 2 N–H and O–H groups in total. The van der Waals surface area contributed by atoms with Crippen molar-refractivity contribution in [1.82, 2.24) is 9.55 Å². The molecular formula is C45H43N3O8. The van der Waals surface area contributed by atoms with Crippen LogP contribution in [0, 0.1) is 0 Å². The van der Waals surface area contributed by atoms with Crippen LogP contribution < -0.4 is 20.5 Å². The third kappa shape index (κ3) is 8.41. The topological polar surface area (TPSA) is 130 Å². The Kier molecular flexibility index (Phi) is 12.0. The second-order valence-corrected chi connectivity index (χ2v) is 13.4. The Morgan fingerprint density at radius 1 is 0.786 bits per heavy atom. The summed E-state index contributed by atoms with van der Waals surface area (Å²) in [5, 5.41) is 14.2. The number of methoxy groups -OCH3 is 2. The fourth-order valence-electron chi connectivity index (χ4n) is 6.87. The van der Waals surface area contributed by atoms with Crippen LogP contribution in [0.15, 0.2) is 151 Å². The number of rotatable bonds is 15. The lowest BCUT2D eigenvalue weighted by Crippen LogP contribution is -2.38. The van der Waals surface area contributed by atoms with Gasteiger partial charge in [0, 0.05) is 23.7 Å². The first-order chi connectivity index (χ1) is 27.4. The molecule has 1 aromatic heterocycles. The minimum Gasteiger partial charge on any atom is -0.497 e. The van der Waals surface area contributed by atoms with Gasteiger partial charge in [-0.05, 0) is 58.7 Å². The lowest BCUT2D eigenvalue weighted by Gasteiger charge is -2.37. The van der Waals surface area contributed by atoms with Crippen LogP contribution in [0.25, 0.3) is 0 Å². The van der Waals surface area contributed by atoms with Gasteiger partial charge in [-0.3, -0.25) is 9.36 Å². The second kappa shape index (κ2) is 17.6. The highest BCUT2D eigenvalue weighted by molar-refractivity contribution is 6.04. The quantitative estimate of drug-likeness (QED) is 0.108. The third-order valence-corrected chi connectivity index (χ3v) is 9.82. The number of aliphatic hydroxyl groups is 1. The number of nitrogens with zero attached hydrogens (tertiary/aromatic N) is 2. The Labute approximate surface area is 325 Å². The van der Waals surface area contributed by atoms with Gasteiger partial charge in [-0.1, -0.05) is 103 Å². The zero-order valence-corrected chi connectivity index (χ0v) is 31.1. The van der Waals surface area contributed by atoms with Gasteiger partial charge in [0.05, 0.1) is 40.1 Å². The van der Waals surface area contributed by atoms with Crippen molar-refractivity contribution in [1.29, 1.82) is 0 Å². The van der Waals surface area contributed by atoms with Crippen LogP contribution in [0.3, 0.4) is 0 Å². The SMILES string of the molecule is COc1ccc(C(OC[C@H]2O[C@@H](n3cc(COCc4ccccc4)c(NC(=O)c4ccccc4)nc3=O)C[C@@H]2O)(c2ccccc2)c2ccc(OC)cc2)cc1. The predicted molar refractivity (Wildman–Crippen MR) is 211 cm³/mol. The number of anilines is 1. The van der Waals surface area contributed by atoms with E-state index in [9.17, 15) is 14.7 Å². The van der Waals surface area contributed by atoms with Crippen LogP contribution >= 0.6 is 0 Å². The maximum Gasteiger partial charge on any atom is 0.351 e. The lowest BCUT2D eigenvalue weighted by atomic mass is 9.80. The summed E-state index contributed by atoms with van der Waals surface area (Å²) >= 11 is 0. The van der Waals surface area contributed by atoms with Crippen LogP contribution in [0.2, 0.25) is 0 Å². The van der Waals surface area contributed by atoms with E-state index in [-0.39, 0.29) is 25.5 Å². The van der Waals surface area contributed by atoms with Crippen molar-refractivity contribution in [2.75, 3.05) is 26.1 Å². The minimum absolute atomic E-state index is 0.0366. The van der Waals surface area contributed by atoms with E-state index < -0.39 is 35.6 Å². The molecule has 6 aromatic rings. The van der Waals surface area contributed by atoms with Gasteiger partial charge in [-0.25, -0.2) is 4.79 Å². The molecule has 1 amide bonds. The number of carbonyl (C=O) groups excluding carboxylic acids is 1. The Morgan fingerprint density at radius 2 is 1.34 bits per heavy atom. The maximum atomic E-state index is 13.6. The van der Waals surface area contributed by atoms with Crippen LogP contribution in [-0.4, -0.2) is 53.6 Å². The van der Waals surface area contributed by atoms with Gasteiger partial charge in [0.15, 0.2) is 0 Å². The summed E-state index contributed by atoms with van der Waals surface area (Å²) in [4.78, 5) is 31.0. The third-order valence-electron chi connectivity index (χ3n) is 9.82. The van der Waals surface area contributed by atoms with Crippen molar-refractivity contribution >= 4 is 11.7 Å². The Morgan fingerprint density at radius 3 is 1.93 bits per heavy atom. The smallest absolute Gasteiger partial charge is 0.351 e. The molecule has 0 bridgehead atoms. The first kappa shape index (κ1) is 38.2. The van der Waals surface area contributed by atoms with Crippen molar-refractivity contribution in [3.63, 3.8) is 0 Å². The molecule has 1 aliphatic heterocycles. The predicted octanol–water partition coefficient (Wildman–Crippen LogP) is 6.89. The largest absolute Gasteiger partial charge is 0.497 e. The van der Waals surface area contributed by atoms with Crippen molar-refractivity contribution < 1.29 is 33.6 Å². The molecule has 11 nitrogen and oxygen atoms in total. The summed E-state index contributed by atoms with van der Waals surface area (Å²) in [6, 6.07) is 43.5. The molecule has 0 saturated carbocycles. The molecule has 5 aromatic carbocycles. The molecule has 0 unspecified atom stereocenters. The van der Waals surface area contributed by atoms with Gasteiger partial charge in [0.1, 0.15) is 35.2 Å². The highest BCUT2D eigenvalue weighted by Gasteiger charge is 2.42. The minimum atomic E-state index is -1.14. The molecule has 0 spiro atoms. The maximum absolute atomic E-state index is 13.6. The van der Waals surface area contributed by atoms with Crippen LogP contribution in [0.4, 0.5) is 5.82 Å². The summed E-state index contributed by atoms with van der Waals surface area (Å²) in [6.07, 6.45) is -1.01. The number of carbonyl (C=O) groups is 1. The first-order valence-electron chi connectivity index (χ1n) is 18.3. The van der Waals surface area contributed by atoms with Crippen molar-refractivity contribution in [3.05, 3.63) is 190 Å². The Balaban J connectivity index is 1.18. The lowest BCUT2D eigenvalue weighted by molar-refractivity contribution is -0.0944. The molecule has 1 saturated heterocycles. The normalized spacial score (nSPS) is 16.7. The summed E-state index contributed by atoms with van der Waals surface area (Å²) in [5.41, 5.74) is 2.55. The number of ether oxygens (including phenoxy) is 5. The highest BCUT2D eigenvalue weighted by atomic mass is 16.6. The van der Waals surface area contributed by atoms with Crippen LogP contribution in [-0.2, 0) is 33.0 Å². The standard InChI is InChI=1S/C45H43N3O8/c1-52-37-22-18-35(19-23-37)45(34-16-10-5-11-17-34,36-20-24-38(53-2)25-21-36)55-30-40-39(49)26-41(56-40)48-27-33(29-54-28-31-12-6-3-7-13-31)42(47-44(48)51)46-43(50)32-14-8-4-9-15-32/h3-25,27,39-41,49H,26,28-30H2,1-2H3,(H,46,47,50,51)/t39-,40+,41+/m0/s1. The van der Waals surface area contributed by atoms with Gasteiger partial charge >= 0.3 is 5.69 Å². The summed E-state index contributed by atoms with van der Waals surface area (Å²) in [7, 11) is 3.23. The number of hydrogen-bond acceptors (Lipinski definition) is 9. The zero-order chi connectivity index (χ0) is 38.9. The van der Waals surface area contributed by atoms with E-state index in [1.807, 2.05) is 115 Å².